The van der Waals surface area contributed by atoms with E-state index < -0.39 is 0 Å². The first-order chi connectivity index (χ1) is 17.1. The maximum absolute atomic E-state index is 13.6. The molecule has 2 heterocycles. The van der Waals surface area contributed by atoms with Crippen molar-refractivity contribution in [1.82, 2.24) is 4.90 Å². The third-order valence-corrected chi connectivity index (χ3v) is 6.41. The molecule has 0 aliphatic carbocycles. The fourth-order valence-electron chi connectivity index (χ4n) is 4.51. The highest BCUT2D eigenvalue weighted by Gasteiger charge is 2.29. The number of fused-ring (bicyclic) bond motifs is 1. The Kier molecular flexibility index (Phi) is 6.14. The normalized spacial score (nSPS) is 13.7. The number of ether oxygens (including phenoxy) is 1. The summed E-state index contributed by atoms with van der Waals surface area (Å²) in [5.41, 5.74) is 3.39. The lowest BCUT2D eigenvalue weighted by Gasteiger charge is -2.36. The van der Waals surface area contributed by atoms with Gasteiger partial charge in [0.2, 0.25) is 5.76 Å². The zero-order chi connectivity index (χ0) is 24.4. The molecule has 5 rings (SSSR count). The van der Waals surface area contributed by atoms with Crippen LogP contribution in [-0.2, 0) is 0 Å². The van der Waals surface area contributed by atoms with E-state index in [0.29, 0.717) is 48.4 Å². The van der Waals surface area contributed by atoms with E-state index in [2.05, 4.69) is 10.2 Å². The van der Waals surface area contributed by atoms with Gasteiger partial charge in [0.25, 0.3) is 11.8 Å². The van der Waals surface area contributed by atoms with Crippen LogP contribution < -0.4 is 15.0 Å². The Bertz CT molecular complexity index is 1390. The van der Waals surface area contributed by atoms with E-state index in [-0.39, 0.29) is 17.6 Å². The molecule has 35 heavy (non-hydrogen) atoms. The van der Waals surface area contributed by atoms with Crippen LogP contribution in [0.2, 0.25) is 0 Å². The zero-order valence-electron chi connectivity index (χ0n) is 19.8. The molecule has 0 bridgehead atoms. The molecule has 0 radical (unpaired) electrons. The van der Waals surface area contributed by atoms with E-state index in [1.165, 1.54) is 0 Å². The second-order valence-electron chi connectivity index (χ2n) is 8.52. The van der Waals surface area contributed by atoms with Crippen LogP contribution in [0, 0.1) is 6.92 Å². The van der Waals surface area contributed by atoms with Gasteiger partial charge in [-0.15, -0.1) is 0 Å². The van der Waals surface area contributed by atoms with E-state index in [9.17, 15) is 9.59 Å². The number of aryl methyl sites for hydroxylation is 1. The van der Waals surface area contributed by atoms with E-state index in [1.807, 2.05) is 67.6 Å². The van der Waals surface area contributed by atoms with Crippen LogP contribution in [0.25, 0.3) is 11.0 Å². The first kappa shape index (κ1) is 22.5. The predicted molar refractivity (Wildman–Crippen MR) is 136 cm³/mol. The molecule has 1 aromatic heterocycles. The van der Waals surface area contributed by atoms with Gasteiger partial charge in [0, 0.05) is 37.1 Å². The van der Waals surface area contributed by atoms with Gasteiger partial charge >= 0.3 is 0 Å². The van der Waals surface area contributed by atoms with E-state index in [4.69, 9.17) is 9.15 Å². The van der Waals surface area contributed by atoms with Crippen molar-refractivity contribution in [3.63, 3.8) is 0 Å². The third kappa shape index (κ3) is 4.33. The minimum Gasteiger partial charge on any atom is -0.495 e. The van der Waals surface area contributed by atoms with Crippen molar-refractivity contribution in [2.75, 3.05) is 43.5 Å². The topological polar surface area (TPSA) is 75.0 Å². The highest BCUT2D eigenvalue weighted by atomic mass is 16.5. The van der Waals surface area contributed by atoms with Gasteiger partial charge < -0.3 is 24.3 Å². The van der Waals surface area contributed by atoms with Crippen molar-refractivity contribution in [2.45, 2.75) is 6.92 Å². The number of hydrogen-bond donors (Lipinski definition) is 1. The Morgan fingerprint density at radius 1 is 0.886 bits per heavy atom. The minimum absolute atomic E-state index is 0.152. The van der Waals surface area contributed by atoms with Gasteiger partial charge in [-0.3, -0.25) is 9.59 Å². The summed E-state index contributed by atoms with van der Waals surface area (Å²) < 4.78 is 11.5. The van der Waals surface area contributed by atoms with Crippen LogP contribution in [0.1, 0.15) is 26.5 Å². The van der Waals surface area contributed by atoms with Gasteiger partial charge in [0.1, 0.15) is 17.0 Å². The van der Waals surface area contributed by atoms with Crippen molar-refractivity contribution in [3.8, 4) is 5.75 Å². The smallest absolute Gasteiger partial charge is 0.291 e. The fraction of sp³-hybridized carbons (Fsp3) is 0.214. The van der Waals surface area contributed by atoms with Crippen molar-refractivity contribution >= 4 is 34.2 Å². The highest BCUT2D eigenvalue weighted by molar-refractivity contribution is 6.14. The number of hydrogen-bond acceptors (Lipinski definition) is 5. The Morgan fingerprint density at radius 3 is 2.34 bits per heavy atom. The maximum Gasteiger partial charge on any atom is 0.291 e. The second-order valence-corrected chi connectivity index (χ2v) is 8.52. The Hall–Kier alpha value is -4.26. The predicted octanol–water partition coefficient (Wildman–Crippen LogP) is 4.96. The molecule has 1 aliphatic heterocycles. The molecule has 1 N–H and O–H groups in total. The monoisotopic (exact) mass is 469 g/mol. The lowest BCUT2D eigenvalue weighted by atomic mass is 10.1. The summed E-state index contributed by atoms with van der Waals surface area (Å²) in [5.74, 6) is 0.454. The second kappa shape index (κ2) is 9.54. The number of methoxy groups -OCH3 is 1. The number of carbonyl (C=O) groups is 2. The Labute approximate surface area is 203 Å². The number of furan rings is 1. The van der Waals surface area contributed by atoms with Gasteiger partial charge in [-0.05, 0) is 42.8 Å². The number of rotatable bonds is 5. The molecular formula is C28H27N3O4. The van der Waals surface area contributed by atoms with E-state index >= 15 is 0 Å². The number of amides is 2. The number of carbonyl (C=O) groups excluding carboxylic acids is 2. The molecule has 1 saturated heterocycles. The average Bonchev–Trinajstić information content (AvgIpc) is 3.26. The van der Waals surface area contributed by atoms with Crippen molar-refractivity contribution in [2.24, 2.45) is 0 Å². The lowest BCUT2D eigenvalue weighted by molar-refractivity contribution is 0.0718. The number of para-hydroxylation sites is 3. The van der Waals surface area contributed by atoms with Gasteiger partial charge in [0.15, 0.2) is 0 Å². The van der Waals surface area contributed by atoms with Gasteiger partial charge in [-0.1, -0.05) is 42.5 Å². The lowest BCUT2D eigenvalue weighted by Crippen LogP contribution is -2.49. The molecule has 1 aliphatic rings. The molecule has 2 amide bonds. The third-order valence-electron chi connectivity index (χ3n) is 6.41. The number of nitrogens with zero attached hydrogens (tertiary/aromatic N) is 2. The minimum atomic E-state index is -0.273. The van der Waals surface area contributed by atoms with Crippen LogP contribution in [-0.4, -0.2) is 50.0 Å². The van der Waals surface area contributed by atoms with Gasteiger partial charge in [0.05, 0.1) is 12.8 Å². The number of benzene rings is 3. The summed E-state index contributed by atoms with van der Waals surface area (Å²) in [6.07, 6.45) is 0. The average molecular weight is 470 g/mol. The Morgan fingerprint density at radius 2 is 1.57 bits per heavy atom. The van der Waals surface area contributed by atoms with Crippen molar-refractivity contribution in [1.29, 1.82) is 0 Å². The molecule has 3 aromatic carbocycles. The van der Waals surface area contributed by atoms with Crippen LogP contribution >= 0.6 is 0 Å². The summed E-state index contributed by atoms with van der Waals surface area (Å²) in [5, 5.41) is 3.65. The van der Waals surface area contributed by atoms with Crippen molar-refractivity contribution < 1.29 is 18.7 Å². The first-order valence-corrected chi connectivity index (χ1v) is 11.6. The summed E-state index contributed by atoms with van der Waals surface area (Å²) in [7, 11) is 1.66. The molecule has 0 saturated carbocycles. The first-order valence-electron chi connectivity index (χ1n) is 11.6. The maximum atomic E-state index is 13.6. The highest BCUT2D eigenvalue weighted by Crippen LogP contribution is 2.33. The zero-order valence-corrected chi connectivity index (χ0v) is 19.8. The van der Waals surface area contributed by atoms with Crippen molar-refractivity contribution in [3.05, 3.63) is 89.7 Å². The largest absolute Gasteiger partial charge is 0.495 e. The van der Waals surface area contributed by atoms with Gasteiger partial charge in [-0.25, -0.2) is 0 Å². The van der Waals surface area contributed by atoms with Gasteiger partial charge in [-0.2, -0.15) is 0 Å². The number of piperazine rings is 1. The van der Waals surface area contributed by atoms with Crippen LogP contribution in [0.5, 0.6) is 5.75 Å². The molecule has 4 aromatic rings. The molecule has 1 fully saturated rings. The van der Waals surface area contributed by atoms with Crippen LogP contribution in [0.3, 0.4) is 0 Å². The SMILES string of the molecule is COc1ccccc1N1CCN(C(=O)c2oc3ccccc3c2NC(=O)c2ccccc2C)CC1. The Balaban J connectivity index is 1.39. The molecule has 7 heteroatoms. The summed E-state index contributed by atoms with van der Waals surface area (Å²) in [6, 6.07) is 22.6. The molecular weight excluding hydrogens is 442 g/mol. The van der Waals surface area contributed by atoms with E-state index in [0.717, 1.165) is 17.0 Å². The number of anilines is 2. The fourth-order valence-corrected chi connectivity index (χ4v) is 4.51. The summed E-state index contributed by atoms with van der Waals surface area (Å²) in [6.45, 7) is 4.27. The standard InChI is InChI=1S/C28H27N3O4/c1-19-9-3-4-10-20(19)27(32)29-25-21-11-5-7-13-23(21)35-26(25)28(33)31-17-15-30(16-18-31)22-12-6-8-14-24(22)34-2/h3-14H,15-18H2,1-2H3,(H,29,32). The summed E-state index contributed by atoms with van der Waals surface area (Å²) >= 11 is 0. The van der Waals surface area contributed by atoms with Crippen LogP contribution in [0.15, 0.2) is 77.2 Å². The summed E-state index contributed by atoms with van der Waals surface area (Å²) in [4.78, 5) is 30.7. The molecule has 0 unspecified atom stereocenters. The molecule has 0 spiro atoms. The number of nitrogens with one attached hydrogen (secondary N) is 1. The van der Waals surface area contributed by atoms with Crippen LogP contribution in [0.4, 0.5) is 11.4 Å². The quantitative estimate of drug-likeness (QED) is 0.447. The molecule has 7 nitrogen and oxygen atoms in total. The molecule has 0 atom stereocenters. The van der Waals surface area contributed by atoms with E-state index in [1.54, 1.807) is 24.1 Å². The molecule has 178 valence electrons.